The third-order valence-electron chi connectivity index (χ3n) is 3.82. The first kappa shape index (κ1) is 14.9. The van der Waals surface area contributed by atoms with Gasteiger partial charge >= 0.3 is 0 Å². The standard InChI is InChI=1S/C15H18F2N4O/c16-11-1-2-14(17)15(7-11)21-5-3-20(4-6-21)10-12-8-13(9-18)22-19-12/h1-2,7-8H,3-6,9-10,18H2. The van der Waals surface area contributed by atoms with E-state index in [9.17, 15) is 8.78 Å². The lowest BCUT2D eigenvalue weighted by Crippen LogP contribution is -2.46. The number of hydrogen-bond acceptors (Lipinski definition) is 5. The van der Waals surface area contributed by atoms with Crippen molar-refractivity contribution in [1.29, 1.82) is 0 Å². The second-order valence-electron chi connectivity index (χ2n) is 5.35. The molecule has 1 aliphatic rings. The zero-order chi connectivity index (χ0) is 15.5. The fraction of sp³-hybridized carbons (Fsp3) is 0.400. The van der Waals surface area contributed by atoms with Crippen molar-refractivity contribution in [2.24, 2.45) is 5.73 Å². The van der Waals surface area contributed by atoms with Gasteiger partial charge in [0.2, 0.25) is 0 Å². The van der Waals surface area contributed by atoms with Crippen LogP contribution in [0.1, 0.15) is 11.5 Å². The summed E-state index contributed by atoms with van der Waals surface area (Å²) in [5, 5.41) is 3.96. The average Bonchev–Trinajstić information content (AvgIpc) is 2.98. The molecule has 2 aromatic rings. The van der Waals surface area contributed by atoms with Gasteiger partial charge in [-0.25, -0.2) is 8.78 Å². The maximum absolute atomic E-state index is 13.8. The summed E-state index contributed by atoms with van der Waals surface area (Å²) in [6, 6.07) is 5.39. The average molecular weight is 308 g/mol. The molecule has 0 spiro atoms. The van der Waals surface area contributed by atoms with Crippen molar-refractivity contribution in [2.45, 2.75) is 13.1 Å². The SMILES string of the molecule is NCc1cc(CN2CCN(c3cc(F)ccc3F)CC2)no1. The maximum Gasteiger partial charge on any atom is 0.150 e. The lowest BCUT2D eigenvalue weighted by molar-refractivity contribution is 0.241. The van der Waals surface area contributed by atoms with Crippen LogP contribution in [-0.2, 0) is 13.1 Å². The molecule has 1 aromatic heterocycles. The largest absolute Gasteiger partial charge is 0.367 e. The van der Waals surface area contributed by atoms with Crippen LogP contribution < -0.4 is 10.6 Å². The Bertz CT molecular complexity index is 638. The van der Waals surface area contributed by atoms with E-state index in [1.54, 1.807) is 0 Å². The number of aromatic nitrogens is 1. The molecule has 2 heterocycles. The van der Waals surface area contributed by atoms with E-state index in [-0.39, 0.29) is 5.82 Å². The van der Waals surface area contributed by atoms with Gasteiger partial charge in [-0.3, -0.25) is 4.90 Å². The van der Waals surface area contributed by atoms with Crippen molar-refractivity contribution in [3.05, 3.63) is 47.4 Å². The van der Waals surface area contributed by atoms with Crippen molar-refractivity contribution in [1.82, 2.24) is 10.1 Å². The van der Waals surface area contributed by atoms with E-state index in [0.29, 0.717) is 37.6 Å². The van der Waals surface area contributed by atoms with Crippen molar-refractivity contribution in [3.63, 3.8) is 0 Å². The second-order valence-corrected chi connectivity index (χ2v) is 5.35. The van der Waals surface area contributed by atoms with Gasteiger partial charge in [-0.2, -0.15) is 0 Å². The molecule has 1 fully saturated rings. The highest BCUT2D eigenvalue weighted by Crippen LogP contribution is 2.22. The zero-order valence-electron chi connectivity index (χ0n) is 12.1. The molecule has 5 nitrogen and oxygen atoms in total. The normalized spacial score (nSPS) is 16.2. The third kappa shape index (κ3) is 3.26. The lowest BCUT2D eigenvalue weighted by Gasteiger charge is -2.35. The Kier molecular flexibility index (Phi) is 4.35. The predicted octanol–water partition coefficient (Wildman–Crippen LogP) is 1.73. The molecular weight excluding hydrogens is 290 g/mol. The first-order valence-corrected chi connectivity index (χ1v) is 7.22. The van der Waals surface area contributed by atoms with Crippen LogP contribution in [0.5, 0.6) is 0 Å². The number of benzene rings is 1. The van der Waals surface area contributed by atoms with Crippen LogP contribution in [-0.4, -0.2) is 36.2 Å². The van der Waals surface area contributed by atoms with Crippen molar-refractivity contribution < 1.29 is 13.3 Å². The molecule has 0 radical (unpaired) electrons. The van der Waals surface area contributed by atoms with Gasteiger partial charge < -0.3 is 15.2 Å². The van der Waals surface area contributed by atoms with E-state index in [4.69, 9.17) is 10.3 Å². The van der Waals surface area contributed by atoms with E-state index in [1.807, 2.05) is 11.0 Å². The first-order chi connectivity index (χ1) is 10.7. The Balaban J connectivity index is 1.59. The third-order valence-corrected chi connectivity index (χ3v) is 3.82. The van der Waals surface area contributed by atoms with Gasteiger partial charge in [0.15, 0.2) is 5.76 Å². The van der Waals surface area contributed by atoms with Gasteiger partial charge in [0.1, 0.15) is 11.6 Å². The summed E-state index contributed by atoms with van der Waals surface area (Å²) >= 11 is 0. The van der Waals surface area contributed by atoms with Gasteiger partial charge in [0, 0.05) is 44.9 Å². The number of hydrogen-bond donors (Lipinski definition) is 1. The molecule has 1 aliphatic heterocycles. The number of anilines is 1. The number of halogens is 2. The summed E-state index contributed by atoms with van der Waals surface area (Å²) in [7, 11) is 0. The quantitative estimate of drug-likeness (QED) is 0.932. The van der Waals surface area contributed by atoms with Crippen LogP contribution >= 0.6 is 0 Å². The van der Waals surface area contributed by atoms with Crippen LogP contribution in [0.15, 0.2) is 28.8 Å². The summed E-state index contributed by atoms with van der Waals surface area (Å²) in [4.78, 5) is 4.06. The molecule has 1 saturated heterocycles. The summed E-state index contributed by atoms with van der Waals surface area (Å²) in [6.07, 6.45) is 0. The van der Waals surface area contributed by atoms with Gasteiger partial charge in [-0.1, -0.05) is 5.16 Å². The molecule has 7 heteroatoms. The molecule has 0 aliphatic carbocycles. The Morgan fingerprint density at radius 1 is 1.14 bits per heavy atom. The maximum atomic E-state index is 13.8. The van der Waals surface area contributed by atoms with Crippen molar-refractivity contribution >= 4 is 5.69 Å². The van der Waals surface area contributed by atoms with Crippen molar-refractivity contribution in [3.8, 4) is 0 Å². The Morgan fingerprint density at radius 3 is 2.59 bits per heavy atom. The topological polar surface area (TPSA) is 58.5 Å². The Labute approximate surface area is 127 Å². The first-order valence-electron chi connectivity index (χ1n) is 7.22. The van der Waals surface area contributed by atoms with E-state index in [0.717, 1.165) is 24.8 Å². The minimum Gasteiger partial charge on any atom is -0.367 e. The monoisotopic (exact) mass is 308 g/mol. The van der Waals surface area contributed by atoms with E-state index in [1.165, 1.54) is 12.1 Å². The predicted molar refractivity (Wildman–Crippen MR) is 78.2 cm³/mol. The minimum absolute atomic E-state index is 0.325. The smallest absolute Gasteiger partial charge is 0.150 e. The molecule has 0 unspecified atom stereocenters. The number of piperazine rings is 1. The molecule has 0 bridgehead atoms. The molecular formula is C15H18F2N4O. The van der Waals surface area contributed by atoms with Crippen LogP contribution in [0.25, 0.3) is 0 Å². The number of nitrogens with zero attached hydrogens (tertiary/aromatic N) is 3. The number of nitrogens with two attached hydrogens (primary N) is 1. The summed E-state index contributed by atoms with van der Waals surface area (Å²) in [5.74, 6) is -0.148. The summed E-state index contributed by atoms with van der Waals surface area (Å²) in [6.45, 7) is 3.79. The fourth-order valence-corrected chi connectivity index (χ4v) is 2.63. The van der Waals surface area contributed by atoms with Crippen LogP contribution in [0.3, 0.4) is 0 Å². The van der Waals surface area contributed by atoms with Gasteiger partial charge in [0.05, 0.1) is 17.9 Å². The highest BCUT2D eigenvalue weighted by molar-refractivity contribution is 5.48. The van der Waals surface area contributed by atoms with Crippen LogP contribution in [0.2, 0.25) is 0 Å². The van der Waals surface area contributed by atoms with E-state index < -0.39 is 5.82 Å². The van der Waals surface area contributed by atoms with Gasteiger partial charge in [-0.15, -0.1) is 0 Å². The molecule has 3 rings (SSSR count). The second kappa shape index (κ2) is 6.41. The van der Waals surface area contributed by atoms with Gasteiger partial charge in [0.25, 0.3) is 0 Å². The van der Waals surface area contributed by atoms with Gasteiger partial charge in [-0.05, 0) is 12.1 Å². The Morgan fingerprint density at radius 2 is 1.91 bits per heavy atom. The minimum atomic E-state index is -0.421. The number of rotatable bonds is 4. The van der Waals surface area contributed by atoms with E-state index >= 15 is 0 Å². The molecule has 2 N–H and O–H groups in total. The van der Waals surface area contributed by atoms with Crippen LogP contribution in [0.4, 0.5) is 14.5 Å². The molecule has 0 saturated carbocycles. The van der Waals surface area contributed by atoms with Crippen LogP contribution in [0, 0.1) is 11.6 Å². The molecule has 0 atom stereocenters. The molecule has 118 valence electrons. The molecule has 1 aromatic carbocycles. The van der Waals surface area contributed by atoms with Crippen molar-refractivity contribution in [2.75, 3.05) is 31.1 Å². The Hall–Kier alpha value is -1.99. The lowest BCUT2D eigenvalue weighted by atomic mass is 10.2. The highest BCUT2D eigenvalue weighted by atomic mass is 19.1. The fourth-order valence-electron chi connectivity index (χ4n) is 2.63. The highest BCUT2D eigenvalue weighted by Gasteiger charge is 2.20. The van der Waals surface area contributed by atoms with E-state index in [2.05, 4.69) is 10.1 Å². The molecule has 22 heavy (non-hydrogen) atoms. The zero-order valence-corrected chi connectivity index (χ0v) is 12.1. The summed E-state index contributed by atoms with van der Waals surface area (Å²) in [5.41, 5.74) is 6.65. The molecule has 0 amide bonds. The summed E-state index contributed by atoms with van der Waals surface area (Å²) < 4.78 is 32.1.